The fourth-order valence-electron chi connectivity index (χ4n) is 4.92. The first-order valence-corrected chi connectivity index (χ1v) is 17.1. The second kappa shape index (κ2) is 13.2. The molecule has 0 amide bonds. The Morgan fingerprint density at radius 1 is 0.683 bits per heavy atom. The van der Waals surface area contributed by atoms with Crippen LogP contribution >= 0.6 is 17.2 Å². The van der Waals surface area contributed by atoms with Gasteiger partial charge >= 0.3 is 17.2 Å². The van der Waals surface area contributed by atoms with E-state index in [9.17, 15) is 0 Å². The summed E-state index contributed by atoms with van der Waals surface area (Å²) >= 11 is 0. The molecule has 228 valence electrons. The van der Waals surface area contributed by atoms with Crippen molar-refractivity contribution in [2.75, 3.05) is 26.4 Å². The second-order valence-electron chi connectivity index (χ2n) is 14.6. The summed E-state index contributed by atoms with van der Waals surface area (Å²) in [4.78, 5) is 0. The summed E-state index contributed by atoms with van der Waals surface area (Å²) in [5.74, 6) is 2.79. The number of hydrogen-bond acceptors (Lipinski definition) is 6. The maximum atomic E-state index is 6.30. The van der Waals surface area contributed by atoms with Crippen molar-refractivity contribution < 1.29 is 27.1 Å². The lowest BCUT2D eigenvalue weighted by Crippen LogP contribution is -2.45. The maximum absolute atomic E-state index is 6.30. The molecule has 6 nitrogen and oxygen atoms in total. The lowest BCUT2D eigenvalue weighted by Gasteiger charge is -2.41. The molecule has 8 heteroatoms. The van der Waals surface area contributed by atoms with Gasteiger partial charge in [0.05, 0.1) is 31.8 Å². The monoisotopic (exact) mass is 604 g/mol. The van der Waals surface area contributed by atoms with Gasteiger partial charge < -0.3 is 27.1 Å². The zero-order valence-electron chi connectivity index (χ0n) is 26.7. The third-order valence-electron chi connectivity index (χ3n) is 7.30. The van der Waals surface area contributed by atoms with E-state index in [4.69, 9.17) is 27.1 Å². The van der Waals surface area contributed by atoms with Gasteiger partial charge in [-0.3, -0.25) is 0 Å². The minimum Gasteiger partial charge on any atom is -0.426 e. The van der Waals surface area contributed by atoms with Crippen LogP contribution < -0.4 is 9.05 Å². The fraction of sp³-hybridized carbons (Fsp3) is 0.636. The molecule has 0 radical (unpaired) electrons. The lowest BCUT2D eigenvalue weighted by atomic mass is 9.84. The molecule has 2 aromatic rings. The molecule has 4 rings (SSSR count). The van der Waals surface area contributed by atoms with E-state index < -0.39 is 17.2 Å². The van der Waals surface area contributed by atoms with Crippen LogP contribution in [0.3, 0.4) is 0 Å². The molecule has 0 atom stereocenters. The minimum atomic E-state index is -1.50. The van der Waals surface area contributed by atoms with E-state index >= 15 is 0 Å². The Bertz CT molecular complexity index is 1150. The van der Waals surface area contributed by atoms with Crippen LogP contribution in [0.4, 0.5) is 0 Å². The zero-order valence-corrected chi connectivity index (χ0v) is 28.5. The van der Waals surface area contributed by atoms with E-state index in [1.54, 1.807) is 0 Å². The Morgan fingerprint density at radius 2 is 1.20 bits per heavy atom. The predicted octanol–water partition coefficient (Wildman–Crippen LogP) is 9.67. The molecule has 1 spiro atoms. The van der Waals surface area contributed by atoms with Crippen LogP contribution in [0.25, 0.3) is 0 Å². The normalized spacial score (nSPS) is 23.8. The second-order valence-corrected chi connectivity index (χ2v) is 16.9. The van der Waals surface area contributed by atoms with Gasteiger partial charge in [-0.25, -0.2) is 0 Å². The number of benzene rings is 2. The smallest absolute Gasteiger partial charge is 0.397 e. The van der Waals surface area contributed by atoms with Crippen molar-refractivity contribution in [1.82, 2.24) is 0 Å². The first-order valence-electron chi connectivity index (χ1n) is 14.9. The molecular formula is C33H50O6P2. The van der Waals surface area contributed by atoms with Gasteiger partial charge in [0.15, 0.2) is 0 Å². The topological polar surface area (TPSA) is 55.4 Å². The van der Waals surface area contributed by atoms with Gasteiger partial charge in [-0.1, -0.05) is 93.5 Å². The van der Waals surface area contributed by atoms with E-state index in [1.807, 2.05) is 0 Å². The highest BCUT2D eigenvalue weighted by Crippen LogP contribution is 2.54. The van der Waals surface area contributed by atoms with Gasteiger partial charge in [0.1, 0.15) is 11.5 Å². The van der Waals surface area contributed by atoms with Crippen molar-refractivity contribution in [3.8, 4) is 11.5 Å². The summed E-state index contributed by atoms with van der Waals surface area (Å²) < 4.78 is 37.1. The van der Waals surface area contributed by atoms with Gasteiger partial charge in [-0.15, -0.1) is 0 Å². The van der Waals surface area contributed by atoms with E-state index in [2.05, 4.69) is 106 Å². The summed E-state index contributed by atoms with van der Waals surface area (Å²) in [6.45, 7) is 24.1. The summed E-state index contributed by atoms with van der Waals surface area (Å²) in [6.07, 6.45) is 1.98. The van der Waals surface area contributed by atoms with Gasteiger partial charge in [-0.2, -0.15) is 0 Å². The first-order chi connectivity index (χ1) is 19.1. The third-order valence-corrected chi connectivity index (χ3v) is 9.35. The Balaban J connectivity index is 1.34. The van der Waals surface area contributed by atoms with Crippen LogP contribution in [0.15, 0.2) is 36.4 Å². The quantitative estimate of drug-likeness (QED) is 0.280. The summed E-state index contributed by atoms with van der Waals surface area (Å²) in [6, 6.07) is 13.0. The molecule has 0 aliphatic carbocycles. The standard InChI is InChI=1S/C33H50O6P2/c1-23(2)15-25-11-13-30(28(17-25)32(8,9)10)39-41-36-21-33(22-37-41)19-34-40(35-20-33)38-29-14-12-27(31(5,6)7)18-26(29)16-24(3)4/h11-14,17-18,23-24H,15-16,19-22H2,1-10H3. The van der Waals surface area contributed by atoms with Crippen LogP contribution in [-0.4, -0.2) is 26.4 Å². The van der Waals surface area contributed by atoms with Crippen LogP contribution in [0, 0.1) is 17.3 Å². The molecule has 2 aliphatic heterocycles. The van der Waals surface area contributed by atoms with Crippen LogP contribution in [-0.2, 0) is 41.8 Å². The summed E-state index contributed by atoms with van der Waals surface area (Å²) in [5, 5.41) is 0. The molecular weight excluding hydrogens is 554 g/mol. The minimum absolute atomic E-state index is 0.0566. The van der Waals surface area contributed by atoms with E-state index in [-0.39, 0.29) is 16.2 Å². The van der Waals surface area contributed by atoms with Crippen molar-refractivity contribution in [1.29, 1.82) is 0 Å². The zero-order chi connectivity index (χ0) is 30.0. The molecule has 0 bridgehead atoms. The molecule has 2 saturated heterocycles. The molecule has 0 aromatic heterocycles. The van der Waals surface area contributed by atoms with Gasteiger partial charge in [0.2, 0.25) is 0 Å². The molecule has 2 heterocycles. The highest BCUT2D eigenvalue weighted by molar-refractivity contribution is 7.42. The van der Waals surface area contributed by atoms with Gasteiger partial charge in [0.25, 0.3) is 0 Å². The molecule has 41 heavy (non-hydrogen) atoms. The van der Waals surface area contributed by atoms with Crippen molar-refractivity contribution in [3.05, 3.63) is 58.7 Å². The Kier molecular flexibility index (Phi) is 10.5. The average Bonchev–Trinajstić information content (AvgIpc) is 2.87. The highest BCUT2D eigenvalue weighted by Gasteiger charge is 2.45. The average molecular weight is 605 g/mol. The lowest BCUT2D eigenvalue weighted by molar-refractivity contribution is -0.0673. The summed E-state index contributed by atoms with van der Waals surface area (Å²) in [5.41, 5.74) is 4.65. The van der Waals surface area contributed by atoms with Crippen molar-refractivity contribution in [2.45, 2.75) is 92.9 Å². The third kappa shape index (κ3) is 8.88. The molecule has 2 aromatic carbocycles. The Labute approximate surface area is 250 Å². The van der Waals surface area contributed by atoms with E-state index in [0.717, 1.165) is 24.3 Å². The predicted molar refractivity (Wildman–Crippen MR) is 169 cm³/mol. The number of hydrogen-bond donors (Lipinski definition) is 0. The SMILES string of the molecule is CC(C)Cc1ccc(OP2OCC3(COP(Oc4ccc(C(C)(C)C)cc4CC(C)C)OC3)CO2)c(C(C)(C)C)c1. The van der Waals surface area contributed by atoms with Crippen LogP contribution in [0.2, 0.25) is 0 Å². The van der Waals surface area contributed by atoms with Crippen LogP contribution in [0.5, 0.6) is 11.5 Å². The van der Waals surface area contributed by atoms with Gasteiger partial charge in [0, 0.05) is 5.56 Å². The van der Waals surface area contributed by atoms with Crippen molar-refractivity contribution >= 4 is 17.2 Å². The maximum Gasteiger partial charge on any atom is 0.397 e. The van der Waals surface area contributed by atoms with Gasteiger partial charge in [-0.05, 0) is 64.3 Å². The largest absolute Gasteiger partial charge is 0.426 e. The molecule has 0 saturated carbocycles. The molecule has 2 aliphatic rings. The molecule has 2 fully saturated rings. The van der Waals surface area contributed by atoms with E-state index in [0.29, 0.717) is 38.3 Å². The van der Waals surface area contributed by atoms with E-state index in [1.165, 1.54) is 22.3 Å². The highest BCUT2D eigenvalue weighted by atomic mass is 31.2. The number of rotatable bonds is 8. The first kappa shape index (κ1) is 32.6. The molecule has 0 unspecified atom stereocenters. The van der Waals surface area contributed by atoms with Crippen molar-refractivity contribution in [3.63, 3.8) is 0 Å². The van der Waals surface area contributed by atoms with Crippen LogP contribution in [0.1, 0.15) is 91.5 Å². The fourth-order valence-corrected chi connectivity index (χ4v) is 7.46. The van der Waals surface area contributed by atoms with Crippen molar-refractivity contribution in [2.24, 2.45) is 17.3 Å². The molecule has 0 N–H and O–H groups in total. The Morgan fingerprint density at radius 3 is 1.68 bits per heavy atom. The Hall–Kier alpha value is -1.26. The summed E-state index contributed by atoms with van der Waals surface area (Å²) in [7, 11) is -3.00.